The third kappa shape index (κ3) is 2.67. The third-order valence-corrected chi connectivity index (χ3v) is 4.16. The van der Waals surface area contributed by atoms with Gasteiger partial charge in [0.2, 0.25) is 5.88 Å². The molecule has 0 saturated carbocycles. The molecule has 0 saturated heterocycles. The van der Waals surface area contributed by atoms with Crippen LogP contribution in [0.25, 0.3) is 0 Å². The zero-order chi connectivity index (χ0) is 14.9. The molecule has 1 unspecified atom stereocenters. The van der Waals surface area contributed by atoms with Crippen LogP contribution in [0.2, 0.25) is 5.02 Å². The number of nitrogens with two attached hydrogens (primary N) is 1. The quantitative estimate of drug-likeness (QED) is 0.498. The first-order valence-electron chi connectivity index (χ1n) is 5.67. The van der Waals surface area contributed by atoms with Gasteiger partial charge in [-0.3, -0.25) is 5.84 Å². The maximum atomic E-state index is 14.3. The van der Waals surface area contributed by atoms with Crippen LogP contribution < -0.4 is 16.0 Å². The second-order valence-electron chi connectivity index (χ2n) is 4.10. The number of aromatic nitrogens is 2. The standard InChI is InChI=1S/C12H13BrClFN4O/c1-19-9(20-2)5-8(18-19)12(17-16)6-3-4-7(13)10(14)11(6)15/h3-5,12,17H,16H2,1-2H3. The highest BCUT2D eigenvalue weighted by Crippen LogP contribution is 2.33. The first-order valence-corrected chi connectivity index (χ1v) is 6.84. The number of benzene rings is 1. The third-order valence-electron chi connectivity index (χ3n) is 2.90. The fourth-order valence-corrected chi connectivity index (χ4v) is 2.38. The maximum absolute atomic E-state index is 14.3. The zero-order valence-electron chi connectivity index (χ0n) is 10.8. The van der Waals surface area contributed by atoms with Crippen molar-refractivity contribution in [2.75, 3.05) is 7.11 Å². The largest absolute Gasteiger partial charge is 0.481 e. The van der Waals surface area contributed by atoms with Gasteiger partial charge in [-0.05, 0) is 22.0 Å². The molecular weight excluding hydrogens is 351 g/mol. The van der Waals surface area contributed by atoms with Crippen LogP contribution in [0.5, 0.6) is 5.88 Å². The molecule has 0 spiro atoms. The van der Waals surface area contributed by atoms with Crippen LogP contribution in [0.1, 0.15) is 17.3 Å². The van der Waals surface area contributed by atoms with Gasteiger partial charge >= 0.3 is 0 Å². The summed E-state index contributed by atoms with van der Waals surface area (Å²) < 4.78 is 21.4. The lowest BCUT2D eigenvalue weighted by molar-refractivity contribution is 0.373. The molecule has 0 aliphatic rings. The van der Waals surface area contributed by atoms with E-state index in [-0.39, 0.29) is 5.02 Å². The van der Waals surface area contributed by atoms with E-state index in [0.717, 1.165) is 0 Å². The van der Waals surface area contributed by atoms with Crippen molar-refractivity contribution in [3.63, 3.8) is 0 Å². The molecule has 5 nitrogen and oxygen atoms in total. The summed E-state index contributed by atoms with van der Waals surface area (Å²) in [4.78, 5) is 0. The van der Waals surface area contributed by atoms with E-state index in [0.29, 0.717) is 21.6 Å². The van der Waals surface area contributed by atoms with Gasteiger partial charge in [-0.1, -0.05) is 17.7 Å². The number of hydrazine groups is 1. The molecule has 0 aliphatic carbocycles. The lowest BCUT2D eigenvalue weighted by Crippen LogP contribution is -2.30. The van der Waals surface area contributed by atoms with E-state index >= 15 is 0 Å². The van der Waals surface area contributed by atoms with Gasteiger partial charge in [-0.15, -0.1) is 0 Å². The summed E-state index contributed by atoms with van der Waals surface area (Å²) in [5, 5.41) is 4.26. The molecule has 108 valence electrons. The monoisotopic (exact) mass is 362 g/mol. The molecule has 2 rings (SSSR count). The van der Waals surface area contributed by atoms with Crippen LogP contribution >= 0.6 is 27.5 Å². The second-order valence-corrected chi connectivity index (χ2v) is 5.33. The topological polar surface area (TPSA) is 65.1 Å². The Balaban J connectivity index is 2.49. The second kappa shape index (κ2) is 6.09. The SMILES string of the molecule is COc1cc(C(NN)c2ccc(Br)c(Cl)c2F)nn1C. The van der Waals surface area contributed by atoms with Crippen LogP contribution in [-0.2, 0) is 7.05 Å². The molecule has 1 heterocycles. The van der Waals surface area contributed by atoms with E-state index < -0.39 is 11.9 Å². The number of nitrogens with one attached hydrogen (secondary N) is 1. The van der Waals surface area contributed by atoms with Crippen LogP contribution in [0.4, 0.5) is 4.39 Å². The molecule has 1 aromatic heterocycles. The molecule has 20 heavy (non-hydrogen) atoms. The summed E-state index contributed by atoms with van der Waals surface area (Å²) in [6.45, 7) is 0. The molecule has 0 amide bonds. The van der Waals surface area contributed by atoms with Crippen LogP contribution in [-0.4, -0.2) is 16.9 Å². The van der Waals surface area contributed by atoms with Crippen LogP contribution in [0.15, 0.2) is 22.7 Å². The highest BCUT2D eigenvalue weighted by atomic mass is 79.9. The van der Waals surface area contributed by atoms with Gasteiger partial charge in [0.1, 0.15) is 5.82 Å². The molecule has 0 aliphatic heterocycles. The lowest BCUT2D eigenvalue weighted by atomic mass is 10.0. The lowest BCUT2D eigenvalue weighted by Gasteiger charge is -2.15. The van der Waals surface area contributed by atoms with Gasteiger partial charge in [0.15, 0.2) is 0 Å². The number of hydrogen-bond acceptors (Lipinski definition) is 4. The highest BCUT2D eigenvalue weighted by Gasteiger charge is 2.23. The molecule has 1 atom stereocenters. The summed E-state index contributed by atoms with van der Waals surface area (Å²) in [6, 6.07) is 4.30. The summed E-state index contributed by atoms with van der Waals surface area (Å²) in [5.41, 5.74) is 3.38. The number of hydrogen-bond donors (Lipinski definition) is 2. The minimum atomic E-state index is -0.629. The van der Waals surface area contributed by atoms with Crippen molar-refractivity contribution >= 4 is 27.5 Å². The molecule has 8 heteroatoms. The molecule has 2 aromatic rings. The van der Waals surface area contributed by atoms with Crippen molar-refractivity contribution in [2.45, 2.75) is 6.04 Å². The van der Waals surface area contributed by atoms with Gasteiger partial charge < -0.3 is 4.74 Å². The summed E-state index contributed by atoms with van der Waals surface area (Å²) >= 11 is 9.07. The molecule has 0 fully saturated rings. The Morgan fingerprint density at radius 3 is 2.80 bits per heavy atom. The van der Waals surface area contributed by atoms with E-state index in [1.807, 2.05) is 0 Å². The van der Waals surface area contributed by atoms with Crippen molar-refractivity contribution in [3.8, 4) is 5.88 Å². The van der Waals surface area contributed by atoms with Crippen molar-refractivity contribution < 1.29 is 9.13 Å². The van der Waals surface area contributed by atoms with E-state index in [1.165, 1.54) is 11.8 Å². The van der Waals surface area contributed by atoms with Crippen molar-refractivity contribution in [1.82, 2.24) is 15.2 Å². The smallest absolute Gasteiger partial charge is 0.211 e. The Kier molecular flexibility index (Phi) is 4.64. The van der Waals surface area contributed by atoms with E-state index in [4.69, 9.17) is 22.2 Å². The average Bonchev–Trinajstić information content (AvgIpc) is 2.80. The fourth-order valence-electron chi connectivity index (χ4n) is 1.90. The summed E-state index contributed by atoms with van der Waals surface area (Å²) in [5.74, 6) is 5.53. The van der Waals surface area contributed by atoms with E-state index in [1.54, 1.807) is 25.2 Å². The number of ether oxygens (including phenoxy) is 1. The van der Waals surface area contributed by atoms with Crippen molar-refractivity contribution in [1.29, 1.82) is 0 Å². The Hall–Kier alpha value is -1.15. The first-order chi connectivity index (χ1) is 9.49. The molecule has 3 N–H and O–H groups in total. The predicted octanol–water partition coefficient (Wildman–Crippen LogP) is 2.54. The van der Waals surface area contributed by atoms with Gasteiger partial charge in [0, 0.05) is 23.2 Å². The Bertz CT molecular complexity index is 634. The minimum absolute atomic E-state index is 0.00523. The Morgan fingerprint density at radius 2 is 2.25 bits per heavy atom. The average molecular weight is 364 g/mol. The predicted molar refractivity (Wildman–Crippen MR) is 78.0 cm³/mol. The van der Waals surface area contributed by atoms with Crippen LogP contribution in [0, 0.1) is 5.82 Å². The number of nitrogens with zero attached hydrogens (tertiary/aromatic N) is 2. The highest BCUT2D eigenvalue weighted by molar-refractivity contribution is 9.10. The van der Waals surface area contributed by atoms with Crippen molar-refractivity contribution in [3.05, 3.63) is 44.8 Å². The maximum Gasteiger partial charge on any atom is 0.211 e. The molecule has 1 aromatic carbocycles. The van der Waals surface area contributed by atoms with Gasteiger partial charge in [-0.25, -0.2) is 14.5 Å². The Labute approximate surface area is 129 Å². The Morgan fingerprint density at radius 1 is 1.55 bits per heavy atom. The zero-order valence-corrected chi connectivity index (χ0v) is 13.2. The summed E-state index contributed by atoms with van der Waals surface area (Å²) in [6.07, 6.45) is 0. The molecular formula is C12H13BrClFN4O. The number of aryl methyl sites for hydroxylation is 1. The number of halogens is 3. The van der Waals surface area contributed by atoms with Gasteiger partial charge in [-0.2, -0.15) is 5.10 Å². The minimum Gasteiger partial charge on any atom is -0.481 e. The van der Waals surface area contributed by atoms with E-state index in [9.17, 15) is 4.39 Å². The first kappa shape index (κ1) is 15.2. The van der Waals surface area contributed by atoms with Gasteiger partial charge in [0.25, 0.3) is 0 Å². The molecule has 0 radical (unpaired) electrons. The van der Waals surface area contributed by atoms with Crippen LogP contribution in [0.3, 0.4) is 0 Å². The van der Waals surface area contributed by atoms with Crippen molar-refractivity contribution in [2.24, 2.45) is 12.9 Å². The van der Waals surface area contributed by atoms with Gasteiger partial charge in [0.05, 0.1) is 23.9 Å². The summed E-state index contributed by atoms with van der Waals surface area (Å²) in [7, 11) is 3.25. The fraction of sp³-hybridized carbons (Fsp3) is 0.250. The van der Waals surface area contributed by atoms with E-state index in [2.05, 4.69) is 26.5 Å². The molecule has 0 bridgehead atoms. The number of rotatable bonds is 4. The number of methoxy groups -OCH3 is 1. The normalized spacial score (nSPS) is 12.5.